The molecule has 0 bridgehead atoms. The molecule has 2 aromatic rings. The molecule has 3 fully saturated rings. The Balaban J connectivity index is 1.11. The van der Waals surface area contributed by atoms with Gasteiger partial charge in [-0.3, -0.25) is 14.5 Å². The molecule has 1 N–H and O–H groups in total. The van der Waals surface area contributed by atoms with Crippen LogP contribution in [-0.2, 0) is 17.7 Å². The van der Waals surface area contributed by atoms with Gasteiger partial charge in [-0.1, -0.05) is 0 Å². The summed E-state index contributed by atoms with van der Waals surface area (Å²) in [6.45, 7) is 9.27. The van der Waals surface area contributed by atoms with Gasteiger partial charge < -0.3 is 19.5 Å². The average molecular weight is 539 g/mol. The number of aromatic nitrogens is 1. The van der Waals surface area contributed by atoms with Gasteiger partial charge in [0.15, 0.2) is 0 Å². The lowest BCUT2D eigenvalue weighted by molar-refractivity contribution is -0.0844. The first-order valence-electron chi connectivity index (χ1n) is 14.5. The lowest BCUT2D eigenvalue weighted by Gasteiger charge is -2.47. The fourth-order valence-electron chi connectivity index (χ4n) is 6.77. The van der Waals surface area contributed by atoms with Gasteiger partial charge in [0.1, 0.15) is 0 Å². The van der Waals surface area contributed by atoms with E-state index in [1.165, 1.54) is 48.4 Å². The predicted molar refractivity (Wildman–Crippen MR) is 153 cm³/mol. The summed E-state index contributed by atoms with van der Waals surface area (Å²) in [6.07, 6.45) is 10.3. The predicted octanol–water partition coefficient (Wildman–Crippen LogP) is 4.56. The van der Waals surface area contributed by atoms with Crippen molar-refractivity contribution in [2.45, 2.75) is 103 Å². The molecular weight excluding hydrogens is 496 g/mol. The van der Waals surface area contributed by atoms with Crippen LogP contribution in [-0.4, -0.2) is 71.7 Å². The van der Waals surface area contributed by atoms with Crippen molar-refractivity contribution in [3.63, 3.8) is 0 Å². The van der Waals surface area contributed by atoms with Gasteiger partial charge in [0.05, 0.1) is 29.3 Å². The zero-order valence-electron chi connectivity index (χ0n) is 23.3. The smallest absolute Gasteiger partial charge is 0.255 e. The third-order valence-electron chi connectivity index (χ3n) is 9.21. The topological polar surface area (TPSA) is 68.9 Å². The molecule has 2 saturated carbocycles. The van der Waals surface area contributed by atoms with Crippen LogP contribution in [0.25, 0.3) is 0 Å². The van der Waals surface area contributed by atoms with E-state index < -0.39 is 0 Å². The summed E-state index contributed by atoms with van der Waals surface area (Å²) in [4.78, 5) is 37.6. The van der Waals surface area contributed by atoms with E-state index in [1.54, 1.807) is 0 Å². The van der Waals surface area contributed by atoms with Gasteiger partial charge in [0.2, 0.25) is 0 Å². The summed E-state index contributed by atoms with van der Waals surface area (Å²) >= 11 is 1.82. The number of ether oxygens (including phenoxy) is 1. The normalized spacial score (nSPS) is 24.7. The molecule has 206 valence electrons. The largest absolute Gasteiger partial charge is 0.372 e. The second kappa shape index (κ2) is 10.4. The number of carbonyl (C=O) groups is 1. The zero-order chi connectivity index (χ0) is 26.6. The SMILES string of the molecule is Cc1cc(C)c(CN2CCCc3sc(N(C)C4CCC(N5CC(OC6CC6)C5)CC4)c(C)c3C2=O)c(=O)[nH]1. The minimum absolute atomic E-state index is 0.0785. The standard InChI is InChI=1S/C30H42N4O3S/c1-18-14-19(2)31-28(35)25(18)17-33-13-5-6-26-27(29(33)36)20(3)30(38-26)32(4)21-7-9-22(10-8-21)34-15-24(16-34)37-23-11-12-23/h14,21-24H,5-13,15-17H2,1-4H3,(H,31,35). The average Bonchev–Trinajstić information content (AvgIpc) is 3.64. The van der Waals surface area contributed by atoms with Crippen LogP contribution in [0.2, 0.25) is 0 Å². The Kier molecular flexibility index (Phi) is 7.16. The lowest BCUT2D eigenvalue weighted by Crippen LogP contribution is -2.58. The Labute approximate surface area is 230 Å². The van der Waals surface area contributed by atoms with Crippen LogP contribution in [0.1, 0.15) is 82.6 Å². The minimum atomic E-state index is -0.0815. The van der Waals surface area contributed by atoms with Crippen LogP contribution in [0.3, 0.4) is 0 Å². The number of carbonyl (C=O) groups excluding carboxylic acids is 1. The van der Waals surface area contributed by atoms with Crippen LogP contribution in [0.5, 0.6) is 0 Å². The van der Waals surface area contributed by atoms with Crippen molar-refractivity contribution in [1.82, 2.24) is 14.8 Å². The highest BCUT2D eigenvalue weighted by molar-refractivity contribution is 7.16. The van der Waals surface area contributed by atoms with Crippen LogP contribution in [0.4, 0.5) is 5.00 Å². The van der Waals surface area contributed by atoms with Gasteiger partial charge in [0, 0.05) is 54.9 Å². The number of fused-ring (bicyclic) bond motifs is 1. The summed E-state index contributed by atoms with van der Waals surface area (Å²) in [5, 5.41) is 1.25. The van der Waals surface area contributed by atoms with E-state index >= 15 is 0 Å². The Morgan fingerprint density at radius 1 is 1.05 bits per heavy atom. The highest BCUT2D eigenvalue weighted by Gasteiger charge is 2.39. The van der Waals surface area contributed by atoms with E-state index in [-0.39, 0.29) is 11.5 Å². The monoisotopic (exact) mass is 538 g/mol. The fraction of sp³-hybridized carbons (Fsp3) is 0.667. The molecule has 2 aliphatic carbocycles. The Hall–Kier alpha value is -2.16. The number of hydrogen-bond donors (Lipinski definition) is 1. The molecule has 38 heavy (non-hydrogen) atoms. The van der Waals surface area contributed by atoms with Gasteiger partial charge in [0.25, 0.3) is 11.5 Å². The highest BCUT2D eigenvalue weighted by atomic mass is 32.1. The maximum absolute atomic E-state index is 13.8. The van der Waals surface area contributed by atoms with Crippen molar-refractivity contribution in [2.24, 2.45) is 0 Å². The van der Waals surface area contributed by atoms with Crippen LogP contribution < -0.4 is 10.5 Å². The number of hydrogen-bond acceptors (Lipinski definition) is 6. The number of amides is 1. The summed E-state index contributed by atoms with van der Waals surface area (Å²) in [6, 6.07) is 3.21. The molecule has 6 rings (SSSR count). The second-order valence-electron chi connectivity index (χ2n) is 12.1. The molecule has 4 aliphatic rings. The molecule has 0 atom stereocenters. The molecule has 2 aliphatic heterocycles. The number of anilines is 1. The quantitative estimate of drug-likeness (QED) is 0.560. The Bertz CT molecular complexity index is 1250. The van der Waals surface area contributed by atoms with E-state index in [1.807, 2.05) is 36.2 Å². The van der Waals surface area contributed by atoms with Gasteiger partial charge in [-0.05, 0) is 89.3 Å². The maximum atomic E-state index is 13.8. The second-order valence-corrected chi connectivity index (χ2v) is 13.2. The zero-order valence-corrected chi connectivity index (χ0v) is 24.2. The first kappa shape index (κ1) is 26.1. The molecule has 0 radical (unpaired) electrons. The fourth-order valence-corrected chi connectivity index (χ4v) is 8.14. The Morgan fingerprint density at radius 2 is 1.79 bits per heavy atom. The van der Waals surface area contributed by atoms with Crippen molar-refractivity contribution >= 4 is 22.2 Å². The molecule has 8 heteroatoms. The Morgan fingerprint density at radius 3 is 2.47 bits per heavy atom. The maximum Gasteiger partial charge on any atom is 0.255 e. The first-order valence-corrected chi connectivity index (χ1v) is 15.3. The number of nitrogens with zero attached hydrogens (tertiary/aromatic N) is 3. The molecule has 0 aromatic carbocycles. The number of aromatic amines is 1. The first-order chi connectivity index (χ1) is 18.3. The number of nitrogens with one attached hydrogen (secondary N) is 1. The highest BCUT2D eigenvalue weighted by Crippen LogP contribution is 2.41. The van der Waals surface area contributed by atoms with Gasteiger partial charge in [-0.25, -0.2) is 0 Å². The third kappa shape index (κ3) is 5.07. The van der Waals surface area contributed by atoms with Crippen LogP contribution >= 0.6 is 11.3 Å². The van der Waals surface area contributed by atoms with Crippen LogP contribution in [0.15, 0.2) is 10.9 Å². The molecular formula is C30H42N4O3S. The van der Waals surface area contributed by atoms with Gasteiger partial charge in [-0.2, -0.15) is 0 Å². The molecule has 7 nitrogen and oxygen atoms in total. The van der Waals surface area contributed by atoms with Gasteiger partial charge >= 0.3 is 0 Å². The number of thiophene rings is 1. The molecule has 1 saturated heterocycles. The van der Waals surface area contributed by atoms with E-state index in [0.29, 0.717) is 42.9 Å². The summed E-state index contributed by atoms with van der Waals surface area (Å²) in [5.74, 6) is 0.0785. The van der Waals surface area contributed by atoms with Crippen molar-refractivity contribution < 1.29 is 9.53 Å². The van der Waals surface area contributed by atoms with Crippen molar-refractivity contribution in [1.29, 1.82) is 0 Å². The van der Waals surface area contributed by atoms with Crippen molar-refractivity contribution in [3.05, 3.63) is 49.2 Å². The number of pyridine rings is 1. The summed E-state index contributed by atoms with van der Waals surface area (Å²) < 4.78 is 6.07. The van der Waals surface area contributed by atoms with Gasteiger partial charge in [-0.15, -0.1) is 11.3 Å². The number of likely N-dealkylation sites (tertiary alicyclic amines) is 1. The van der Waals surface area contributed by atoms with Crippen molar-refractivity contribution in [2.75, 3.05) is 31.6 Å². The number of rotatable bonds is 7. The minimum Gasteiger partial charge on any atom is -0.372 e. The third-order valence-corrected chi connectivity index (χ3v) is 10.6. The molecule has 0 spiro atoms. The summed E-state index contributed by atoms with van der Waals surface area (Å²) in [5.41, 5.74) is 4.41. The van der Waals surface area contributed by atoms with Crippen molar-refractivity contribution in [3.8, 4) is 0 Å². The van der Waals surface area contributed by atoms with E-state index in [0.717, 1.165) is 48.3 Å². The summed E-state index contributed by atoms with van der Waals surface area (Å²) in [7, 11) is 2.23. The number of aryl methyl sites for hydroxylation is 3. The molecule has 4 heterocycles. The van der Waals surface area contributed by atoms with E-state index in [2.05, 4.69) is 28.8 Å². The molecule has 2 aromatic heterocycles. The molecule has 1 amide bonds. The van der Waals surface area contributed by atoms with Crippen LogP contribution in [0, 0.1) is 20.8 Å². The van der Waals surface area contributed by atoms with E-state index in [9.17, 15) is 9.59 Å². The van der Waals surface area contributed by atoms with E-state index in [4.69, 9.17) is 4.74 Å². The number of H-pyrrole nitrogens is 1. The molecule has 0 unspecified atom stereocenters. The lowest BCUT2D eigenvalue weighted by atomic mass is 9.87.